The fraction of sp³-hybridized carbons (Fsp3) is 0.700. The van der Waals surface area contributed by atoms with E-state index in [2.05, 4.69) is 10.6 Å². The number of amides is 2. The van der Waals surface area contributed by atoms with Crippen molar-refractivity contribution in [3.05, 3.63) is 0 Å². The third-order valence-electron chi connectivity index (χ3n) is 1.99. The number of rotatable bonds is 6. The standard InChI is InChI=1S/C10H18N2O4/c1-6(2)9(14)12-5-11-8(13)4-7(3)10(15)16/h6-7H,4-5H2,1-3H3,(H,11,13)(H,12,14)(H,15,16). The first kappa shape index (κ1) is 14.4. The molecule has 0 aromatic rings. The van der Waals surface area contributed by atoms with Crippen LogP contribution in [0.15, 0.2) is 0 Å². The molecule has 0 aliphatic heterocycles. The summed E-state index contributed by atoms with van der Waals surface area (Å²) >= 11 is 0. The van der Waals surface area contributed by atoms with Gasteiger partial charge in [0.1, 0.15) is 0 Å². The van der Waals surface area contributed by atoms with Gasteiger partial charge in [0, 0.05) is 12.3 Å². The lowest BCUT2D eigenvalue weighted by atomic mass is 10.1. The maximum absolute atomic E-state index is 11.2. The molecule has 0 aromatic heterocycles. The molecule has 6 nitrogen and oxygen atoms in total. The van der Waals surface area contributed by atoms with Gasteiger partial charge in [-0.25, -0.2) is 0 Å². The van der Waals surface area contributed by atoms with Gasteiger partial charge in [0.25, 0.3) is 0 Å². The highest BCUT2D eigenvalue weighted by molar-refractivity contribution is 5.82. The molecular weight excluding hydrogens is 212 g/mol. The summed E-state index contributed by atoms with van der Waals surface area (Å²) in [7, 11) is 0. The second kappa shape index (κ2) is 6.81. The maximum Gasteiger partial charge on any atom is 0.306 e. The molecule has 0 fully saturated rings. The van der Waals surface area contributed by atoms with Gasteiger partial charge < -0.3 is 15.7 Å². The first-order valence-electron chi connectivity index (χ1n) is 5.11. The average molecular weight is 230 g/mol. The van der Waals surface area contributed by atoms with E-state index in [1.165, 1.54) is 6.92 Å². The molecule has 0 bridgehead atoms. The Morgan fingerprint density at radius 2 is 1.69 bits per heavy atom. The Bertz CT molecular complexity index is 276. The molecular formula is C10H18N2O4. The molecule has 0 saturated carbocycles. The zero-order chi connectivity index (χ0) is 12.7. The SMILES string of the molecule is CC(C)C(=O)NCNC(=O)CC(C)C(=O)O. The van der Waals surface area contributed by atoms with Gasteiger partial charge in [0.15, 0.2) is 0 Å². The Morgan fingerprint density at radius 1 is 1.12 bits per heavy atom. The van der Waals surface area contributed by atoms with E-state index in [1.807, 2.05) is 0 Å². The minimum Gasteiger partial charge on any atom is -0.481 e. The van der Waals surface area contributed by atoms with E-state index in [9.17, 15) is 14.4 Å². The third kappa shape index (κ3) is 6.00. The van der Waals surface area contributed by atoms with Crippen LogP contribution in [0.5, 0.6) is 0 Å². The number of nitrogens with one attached hydrogen (secondary N) is 2. The summed E-state index contributed by atoms with van der Waals surface area (Å²) in [5.41, 5.74) is 0. The highest BCUT2D eigenvalue weighted by atomic mass is 16.4. The van der Waals surface area contributed by atoms with Crippen LogP contribution < -0.4 is 10.6 Å². The van der Waals surface area contributed by atoms with Gasteiger partial charge in [0.2, 0.25) is 11.8 Å². The summed E-state index contributed by atoms with van der Waals surface area (Å²) in [4.78, 5) is 32.7. The third-order valence-corrected chi connectivity index (χ3v) is 1.99. The van der Waals surface area contributed by atoms with Crippen LogP contribution in [-0.4, -0.2) is 29.6 Å². The van der Waals surface area contributed by atoms with Crippen LogP contribution in [0.25, 0.3) is 0 Å². The van der Waals surface area contributed by atoms with Crippen LogP contribution in [0.2, 0.25) is 0 Å². The van der Waals surface area contributed by atoms with Gasteiger partial charge >= 0.3 is 5.97 Å². The highest BCUT2D eigenvalue weighted by Crippen LogP contribution is 2.00. The molecule has 0 heterocycles. The van der Waals surface area contributed by atoms with E-state index in [1.54, 1.807) is 13.8 Å². The van der Waals surface area contributed by atoms with Gasteiger partial charge in [-0.3, -0.25) is 14.4 Å². The van der Waals surface area contributed by atoms with E-state index in [0.717, 1.165) is 0 Å². The largest absolute Gasteiger partial charge is 0.481 e. The van der Waals surface area contributed by atoms with Gasteiger partial charge in [-0.1, -0.05) is 20.8 Å². The second-order valence-electron chi connectivity index (χ2n) is 3.92. The Hall–Kier alpha value is -1.59. The van der Waals surface area contributed by atoms with Crippen molar-refractivity contribution in [1.29, 1.82) is 0 Å². The van der Waals surface area contributed by atoms with Crippen molar-refractivity contribution >= 4 is 17.8 Å². The molecule has 1 atom stereocenters. The number of hydrogen-bond acceptors (Lipinski definition) is 3. The van der Waals surface area contributed by atoms with Gasteiger partial charge in [0.05, 0.1) is 12.6 Å². The van der Waals surface area contributed by atoms with Gasteiger partial charge in [-0.15, -0.1) is 0 Å². The molecule has 0 aliphatic carbocycles. The number of hydrogen-bond donors (Lipinski definition) is 3. The summed E-state index contributed by atoms with van der Waals surface area (Å²) < 4.78 is 0. The lowest BCUT2D eigenvalue weighted by molar-refractivity contribution is -0.143. The lowest BCUT2D eigenvalue weighted by Gasteiger charge is -2.10. The Kier molecular flexibility index (Phi) is 6.14. The van der Waals surface area contributed by atoms with Crippen molar-refractivity contribution < 1.29 is 19.5 Å². The number of carbonyl (C=O) groups excluding carboxylic acids is 2. The van der Waals surface area contributed by atoms with Gasteiger partial charge in [-0.2, -0.15) is 0 Å². The minimum absolute atomic E-state index is 0.0299. The molecule has 0 aliphatic rings. The Balaban J connectivity index is 3.75. The number of carboxylic acid groups (broad SMARTS) is 1. The molecule has 0 aromatic carbocycles. The van der Waals surface area contributed by atoms with Crippen LogP contribution in [0, 0.1) is 11.8 Å². The van der Waals surface area contributed by atoms with E-state index < -0.39 is 11.9 Å². The summed E-state index contributed by atoms with van der Waals surface area (Å²) in [6.45, 7) is 4.96. The second-order valence-corrected chi connectivity index (χ2v) is 3.92. The van der Waals surface area contributed by atoms with Crippen LogP contribution in [0.3, 0.4) is 0 Å². The molecule has 0 spiro atoms. The zero-order valence-corrected chi connectivity index (χ0v) is 9.74. The molecule has 16 heavy (non-hydrogen) atoms. The van der Waals surface area contributed by atoms with Crippen molar-refractivity contribution in [2.45, 2.75) is 27.2 Å². The van der Waals surface area contributed by atoms with Crippen molar-refractivity contribution in [3.8, 4) is 0 Å². The Morgan fingerprint density at radius 3 is 2.12 bits per heavy atom. The first-order valence-corrected chi connectivity index (χ1v) is 5.11. The fourth-order valence-corrected chi connectivity index (χ4v) is 0.872. The molecule has 3 N–H and O–H groups in total. The Labute approximate surface area is 94.4 Å². The quantitative estimate of drug-likeness (QED) is 0.557. The normalized spacial score (nSPS) is 12.0. The topological polar surface area (TPSA) is 95.5 Å². The molecule has 6 heteroatoms. The molecule has 0 rings (SSSR count). The monoisotopic (exact) mass is 230 g/mol. The molecule has 1 unspecified atom stereocenters. The number of carbonyl (C=O) groups is 3. The van der Waals surface area contributed by atoms with Gasteiger partial charge in [-0.05, 0) is 0 Å². The molecule has 0 radical (unpaired) electrons. The zero-order valence-electron chi connectivity index (χ0n) is 9.74. The highest BCUT2D eigenvalue weighted by Gasteiger charge is 2.15. The number of aliphatic carboxylic acids is 1. The van der Waals surface area contributed by atoms with Crippen molar-refractivity contribution in [1.82, 2.24) is 10.6 Å². The predicted molar refractivity (Wildman–Crippen MR) is 57.4 cm³/mol. The van der Waals surface area contributed by atoms with Crippen molar-refractivity contribution in [2.75, 3.05) is 6.67 Å². The lowest BCUT2D eigenvalue weighted by Crippen LogP contribution is -2.39. The van der Waals surface area contributed by atoms with E-state index in [-0.39, 0.29) is 30.8 Å². The van der Waals surface area contributed by atoms with E-state index >= 15 is 0 Å². The van der Waals surface area contributed by atoms with Crippen LogP contribution >= 0.6 is 0 Å². The first-order chi connectivity index (χ1) is 7.34. The van der Waals surface area contributed by atoms with Crippen LogP contribution in [-0.2, 0) is 14.4 Å². The smallest absolute Gasteiger partial charge is 0.306 e. The minimum atomic E-state index is -1.01. The maximum atomic E-state index is 11.2. The summed E-state index contributed by atoms with van der Waals surface area (Å²) in [6.07, 6.45) is -0.0904. The molecule has 2 amide bonds. The van der Waals surface area contributed by atoms with E-state index in [0.29, 0.717) is 0 Å². The summed E-state index contributed by atoms with van der Waals surface area (Å²) in [6, 6.07) is 0. The summed E-state index contributed by atoms with van der Waals surface area (Å²) in [5, 5.41) is 13.5. The molecule has 92 valence electrons. The fourth-order valence-electron chi connectivity index (χ4n) is 0.872. The van der Waals surface area contributed by atoms with Crippen molar-refractivity contribution in [3.63, 3.8) is 0 Å². The number of carboxylic acids is 1. The van der Waals surface area contributed by atoms with Crippen molar-refractivity contribution in [2.24, 2.45) is 11.8 Å². The molecule has 0 saturated heterocycles. The summed E-state index contributed by atoms with van der Waals surface area (Å²) in [5.74, 6) is -2.43. The van der Waals surface area contributed by atoms with Crippen LogP contribution in [0.1, 0.15) is 27.2 Å². The average Bonchev–Trinajstić information content (AvgIpc) is 2.16. The predicted octanol–water partition coefficient (Wildman–Crippen LogP) is -0.0569. The van der Waals surface area contributed by atoms with Crippen LogP contribution in [0.4, 0.5) is 0 Å². The van der Waals surface area contributed by atoms with E-state index in [4.69, 9.17) is 5.11 Å².